The van der Waals surface area contributed by atoms with Gasteiger partial charge in [-0.25, -0.2) is 9.48 Å². The molecule has 0 fully saturated rings. The number of nitrogens with one attached hydrogen (secondary N) is 1. The van der Waals surface area contributed by atoms with Gasteiger partial charge in [-0.1, -0.05) is 11.3 Å². The molecule has 4 heterocycles. The van der Waals surface area contributed by atoms with Gasteiger partial charge in [0.15, 0.2) is 5.76 Å². The van der Waals surface area contributed by atoms with E-state index in [1.165, 1.54) is 6.07 Å². The first-order valence-corrected chi connectivity index (χ1v) is 10.5. The lowest BCUT2D eigenvalue weighted by molar-refractivity contribution is 0.0989. The Balaban J connectivity index is 1.59. The van der Waals surface area contributed by atoms with Gasteiger partial charge in [0.05, 0.1) is 31.5 Å². The Morgan fingerprint density at radius 1 is 1.31 bits per heavy atom. The molecule has 1 aliphatic heterocycles. The summed E-state index contributed by atoms with van der Waals surface area (Å²) in [4.78, 5) is 27.3. The van der Waals surface area contributed by atoms with Crippen LogP contribution in [-0.4, -0.2) is 72.5 Å². The third-order valence-corrected chi connectivity index (χ3v) is 5.62. The van der Waals surface area contributed by atoms with Gasteiger partial charge < -0.3 is 23.5 Å². The molecule has 12 nitrogen and oxygen atoms in total. The zero-order valence-electron chi connectivity index (χ0n) is 17.7. The third kappa shape index (κ3) is 4.35. The molecule has 1 amide bonds. The normalized spacial score (nSPS) is 13.2. The summed E-state index contributed by atoms with van der Waals surface area (Å²) in [7, 11) is 3.17. The van der Waals surface area contributed by atoms with Crippen LogP contribution in [0.25, 0.3) is 5.13 Å². The number of aromatic nitrogens is 4. The van der Waals surface area contributed by atoms with Gasteiger partial charge in [-0.2, -0.15) is 5.10 Å². The minimum atomic E-state index is -0.740. The maximum absolute atomic E-state index is 12.8. The van der Waals surface area contributed by atoms with Gasteiger partial charge in [-0.15, -0.1) is 10.2 Å². The minimum Gasteiger partial charge on any atom is -0.483 e. The molecule has 0 radical (unpaired) electrons. The first-order chi connectivity index (χ1) is 15.5. The van der Waals surface area contributed by atoms with Crippen molar-refractivity contribution in [1.82, 2.24) is 20.0 Å². The van der Waals surface area contributed by atoms with Crippen LogP contribution in [0.15, 0.2) is 27.5 Å². The number of amides is 1. The summed E-state index contributed by atoms with van der Waals surface area (Å²) in [5.41, 5.74) is 0.583. The summed E-state index contributed by atoms with van der Waals surface area (Å²) in [6.07, 6.45) is 1.64. The second-order valence-electron chi connectivity index (χ2n) is 6.95. The lowest BCUT2D eigenvalue weighted by atomic mass is 10.2. The highest BCUT2D eigenvalue weighted by Gasteiger charge is 2.30. The first-order valence-electron chi connectivity index (χ1n) is 9.73. The highest BCUT2D eigenvalue weighted by molar-refractivity contribution is 7.17. The smallest absolute Gasteiger partial charge is 0.381 e. The number of hydrogen-bond acceptors (Lipinski definition) is 11. The minimum absolute atomic E-state index is 0.0531. The van der Waals surface area contributed by atoms with Crippen LogP contribution in [0.2, 0.25) is 0 Å². The molecular formula is C19H22N6O6S. The molecule has 13 heteroatoms. The molecule has 0 aromatic carbocycles. The van der Waals surface area contributed by atoms with Crippen molar-refractivity contribution in [2.75, 3.05) is 50.8 Å². The number of carbonyl (C=O) groups is 1. The summed E-state index contributed by atoms with van der Waals surface area (Å²) < 4.78 is 22.9. The number of rotatable bonds is 8. The van der Waals surface area contributed by atoms with Crippen molar-refractivity contribution in [2.24, 2.45) is 0 Å². The SMILES string of the molecule is COCC(COC)N1CCOc2c1cc(C(=O)Nc1nnc(-n3nccc3C)s1)oc2=O. The molecule has 1 aliphatic rings. The zero-order chi connectivity index (χ0) is 22.7. The van der Waals surface area contributed by atoms with Gasteiger partial charge in [-0.3, -0.25) is 10.1 Å². The fourth-order valence-electron chi connectivity index (χ4n) is 3.37. The maximum atomic E-state index is 12.8. The van der Waals surface area contributed by atoms with Crippen LogP contribution in [0, 0.1) is 6.92 Å². The van der Waals surface area contributed by atoms with E-state index in [9.17, 15) is 9.59 Å². The monoisotopic (exact) mass is 462 g/mol. The van der Waals surface area contributed by atoms with E-state index in [0.717, 1.165) is 17.0 Å². The van der Waals surface area contributed by atoms with E-state index in [-0.39, 0.29) is 22.7 Å². The van der Waals surface area contributed by atoms with E-state index in [1.807, 2.05) is 17.9 Å². The van der Waals surface area contributed by atoms with Crippen molar-refractivity contribution in [2.45, 2.75) is 13.0 Å². The number of hydrogen-bond donors (Lipinski definition) is 1. The van der Waals surface area contributed by atoms with Crippen molar-refractivity contribution in [3.8, 4) is 10.9 Å². The van der Waals surface area contributed by atoms with E-state index in [4.69, 9.17) is 18.6 Å². The van der Waals surface area contributed by atoms with Crippen molar-refractivity contribution < 1.29 is 23.4 Å². The van der Waals surface area contributed by atoms with Crippen LogP contribution in [0.5, 0.6) is 5.75 Å². The van der Waals surface area contributed by atoms with Crippen molar-refractivity contribution >= 4 is 28.1 Å². The molecule has 0 unspecified atom stereocenters. The average molecular weight is 462 g/mol. The molecule has 1 N–H and O–H groups in total. The lowest BCUT2D eigenvalue weighted by Gasteiger charge is -2.36. The molecule has 3 aromatic heterocycles. The molecule has 0 saturated heterocycles. The lowest BCUT2D eigenvalue weighted by Crippen LogP contribution is -2.47. The number of methoxy groups -OCH3 is 2. The van der Waals surface area contributed by atoms with Crippen molar-refractivity contribution in [1.29, 1.82) is 0 Å². The number of ether oxygens (including phenoxy) is 3. The highest BCUT2D eigenvalue weighted by atomic mass is 32.1. The predicted molar refractivity (Wildman–Crippen MR) is 115 cm³/mol. The Hall–Kier alpha value is -3.29. The van der Waals surface area contributed by atoms with Crippen LogP contribution in [-0.2, 0) is 9.47 Å². The van der Waals surface area contributed by atoms with Gasteiger partial charge in [0, 0.05) is 32.2 Å². The third-order valence-electron chi connectivity index (χ3n) is 4.81. The topological polar surface area (TPSA) is 134 Å². The Kier molecular flexibility index (Phi) is 6.48. The van der Waals surface area contributed by atoms with Crippen LogP contribution >= 0.6 is 11.3 Å². The molecule has 0 aliphatic carbocycles. The molecule has 0 atom stereocenters. The van der Waals surface area contributed by atoms with Crippen LogP contribution in [0.4, 0.5) is 10.8 Å². The first kappa shape index (κ1) is 21.9. The van der Waals surface area contributed by atoms with E-state index in [2.05, 4.69) is 20.6 Å². The summed E-state index contributed by atoms with van der Waals surface area (Å²) in [6.45, 7) is 3.42. The van der Waals surface area contributed by atoms with Gasteiger partial charge in [-0.05, 0) is 13.0 Å². The summed E-state index contributed by atoms with van der Waals surface area (Å²) in [5, 5.41) is 15.5. The second kappa shape index (κ2) is 9.46. The number of nitrogens with zero attached hydrogens (tertiary/aromatic N) is 5. The summed E-state index contributed by atoms with van der Waals surface area (Å²) in [6, 6.07) is 3.13. The Labute approximate surface area is 186 Å². The summed E-state index contributed by atoms with van der Waals surface area (Å²) >= 11 is 1.14. The highest BCUT2D eigenvalue weighted by Crippen LogP contribution is 2.31. The molecule has 170 valence electrons. The zero-order valence-corrected chi connectivity index (χ0v) is 18.5. The molecule has 3 aromatic rings. The fourth-order valence-corrected chi connectivity index (χ4v) is 4.12. The molecule has 32 heavy (non-hydrogen) atoms. The van der Waals surface area contributed by atoms with Gasteiger partial charge in [0.25, 0.3) is 5.91 Å². The number of fused-ring (bicyclic) bond motifs is 1. The molecular weight excluding hydrogens is 440 g/mol. The Bertz CT molecular complexity index is 1150. The predicted octanol–water partition coefficient (Wildman–Crippen LogP) is 1.10. The fraction of sp³-hybridized carbons (Fsp3) is 0.421. The van der Waals surface area contributed by atoms with Gasteiger partial charge in [0.2, 0.25) is 16.0 Å². The van der Waals surface area contributed by atoms with Crippen LogP contribution in [0.3, 0.4) is 0 Å². The second-order valence-corrected chi connectivity index (χ2v) is 7.90. The molecule has 0 spiro atoms. The van der Waals surface area contributed by atoms with E-state index < -0.39 is 11.5 Å². The Morgan fingerprint density at radius 2 is 2.09 bits per heavy atom. The van der Waals surface area contributed by atoms with Gasteiger partial charge in [0.1, 0.15) is 6.61 Å². The van der Waals surface area contributed by atoms with E-state index in [0.29, 0.717) is 37.2 Å². The molecule has 0 saturated carbocycles. The number of aryl methyl sites for hydroxylation is 1. The maximum Gasteiger partial charge on any atom is 0.381 e. The largest absolute Gasteiger partial charge is 0.483 e. The summed E-state index contributed by atoms with van der Waals surface area (Å²) in [5.74, 6) is -0.757. The van der Waals surface area contributed by atoms with Crippen molar-refractivity contribution in [3.05, 3.63) is 40.2 Å². The quantitative estimate of drug-likeness (QED) is 0.518. The molecule has 0 bridgehead atoms. The Morgan fingerprint density at radius 3 is 2.78 bits per heavy atom. The van der Waals surface area contributed by atoms with E-state index >= 15 is 0 Å². The standard InChI is InChI=1S/C19H22N6O6S/c1-11-4-5-20-25(11)19-23-22-18(32-19)21-16(26)14-8-13-15(17(27)31-14)30-7-6-24(13)12(9-28-2)10-29-3/h4-5,8,12H,6-7,9-10H2,1-3H3,(H,21,22,26). The average Bonchev–Trinajstić information content (AvgIpc) is 3.41. The molecule has 4 rings (SSSR count). The number of carbonyl (C=O) groups excluding carboxylic acids is 1. The van der Waals surface area contributed by atoms with Crippen LogP contribution < -0.4 is 20.6 Å². The van der Waals surface area contributed by atoms with Crippen molar-refractivity contribution in [3.63, 3.8) is 0 Å². The number of anilines is 2. The van der Waals surface area contributed by atoms with Crippen LogP contribution in [0.1, 0.15) is 16.2 Å². The van der Waals surface area contributed by atoms with Gasteiger partial charge >= 0.3 is 5.63 Å². The van der Waals surface area contributed by atoms with E-state index in [1.54, 1.807) is 25.1 Å².